The van der Waals surface area contributed by atoms with E-state index in [9.17, 15) is 4.79 Å². The van der Waals surface area contributed by atoms with Crippen LogP contribution in [0.25, 0.3) is 10.2 Å². The number of nitrogens with zero attached hydrogens (tertiary/aromatic N) is 2. The first-order chi connectivity index (χ1) is 15.2. The average Bonchev–Trinajstić information content (AvgIpc) is 3.23. The summed E-state index contributed by atoms with van der Waals surface area (Å²) in [6.45, 7) is 2.34. The summed E-state index contributed by atoms with van der Waals surface area (Å²) in [5.41, 5.74) is 1.54. The summed E-state index contributed by atoms with van der Waals surface area (Å²) in [5.74, 6) is 1.58. The van der Waals surface area contributed by atoms with E-state index in [4.69, 9.17) is 14.2 Å². The van der Waals surface area contributed by atoms with E-state index >= 15 is 0 Å². The van der Waals surface area contributed by atoms with Gasteiger partial charge in [0, 0.05) is 0 Å². The maximum atomic E-state index is 13.3. The van der Waals surface area contributed by atoms with Gasteiger partial charge in [-0.25, -0.2) is 4.98 Å². The fourth-order valence-electron chi connectivity index (χ4n) is 3.12. The van der Waals surface area contributed by atoms with Crippen LogP contribution in [0.1, 0.15) is 6.92 Å². The first kappa shape index (κ1) is 20.7. The van der Waals surface area contributed by atoms with Crippen LogP contribution in [-0.2, 0) is 4.79 Å². The standard InChI is InChI=1S/C24H22N2O4S/c1-3-29-18-14-12-17(13-15-18)26(24-25-19-8-4-7-11-22(19)31-24)23(27)16-30-21-10-6-5-9-20(21)28-2/h4-15H,3,16H2,1-2H3. The van der Waals surface area contributed by atoms with Crippen LogP contribution in [-0.4, -0.2) is 31.2 Å². The van der Waals surface area contributed by atoms with Crippen LogP contribution in [0.2, 0.25) is 0 Å². The molecule has 0 bridgehead atoms. The molecule has 0 unspecified atom stereocenters. The van der Waals surface area contributed by atoms with Crippen molar-refractivity contribution in [2.45, 2.75) is 6.92 Å². The molecule has 1 amide bonds. The molecule has 4 rings (SSSR count). The summed E-state index contributed by atoms with van der Waals surface area (Å²) in [6.07, 6.45) is 0. The number of para-hydroxylation sites is 3. The third-order valence-electron chi connectivity index (χ3n) is 4.55. The van der Waals surface area contributed by atoms with Gasteiger partial charge in [-0.1, -0.05) is 35.6 Å². The molecule has 0 fully saturated rings. The molecule has 0 saturated carbocycles. The summed E-state index contributed by atoms with van der Waals surface area (Å²) < 4.78 is 17.6. The molecule has 4 aromatic rings. The van der Waals surface area contributed by atoms with Crippen LogP contribution < -0.4 is 19.1 Å². The van der Waals surface area contributed by atoms with Gasteiger partial charge in [0.2, 0.25) is 0 Å². The molecule has 0 aliphatic rings. The molecule has 0 aliphatic carbocycles. The van der Waals surface area contributed by atoms with Gasteiger partial charge in [0.15, 0.2) is 23.2 Å². The zero-order valence-corrected chi connectivity index (χ0v) is 18.1. The summed E-state index contributed by atoms with van der Waals surface area (Å²) in [6, 6.07) is 22.4. The number of benzene rings is 3. The molecular weight excluding hydrogens is 412 g/mol. The van der Waals surface area contributed by atoms with Gasteiger partial charge in [-0.05, 0) is 55.5 Å². The number of anilines is 2. The second-order valence-corrected chi connectivity index (χ2v) is 7.57. The van der Waals surface area contributed by atoms with Crippen molar-refractivity contribution in [1.29, 1.82) is 0 Å². The van der Waals surface area contributed by atoms with Gasteiger partial charge in [0.05, 0.1) is 29.6 Å². The van der Waals surface area contributed by atoms with Crippen molar-refractivity contribution in [2.24, 2.45) is 0 Å². The van der Waals surface area contributed by atoms with Crippen molar-refractivity contribution in [3.63, 3.8) is 0 Å². The Bertz CT molecular complexity index is 1140. The first-order valence-corrected chi connectivity index (χ1v) is 10.7. The average molecular weight is 435 g/mol. The van der Waals surface area contributed by atoms with E-state index in [1.165, 1.54) is 11.3 Å². The van der Waals surface area contributed by atoms with E-state index in [2.05, 4.69) is 4.98 Å². The molecule has 0 aliphatic heterocycles. The van der Waals surface area contributed by atoms with Gasteiger partial charge in [0.1, 0.15) is 5.75 Å². The van der Waals surface area contributed by atoms with Gasteiger partial charge in [-0.3, -0.25) is 9.69 Å². The van der Waals surface area contributed by atoms with Crippen molar-refractivity contribution in [2.75, 3.05) is 25.2 Å². The second-order valence-electron chi connectivity index (χ2n) is 6.56. The highest BCUT2D eigenvalue weighted by molar-refractivity contribution is 7.22. The highest BCUT2D eigenvalue weighted by Crippen LogP contribution is 2.34. The van der Waals surface area contributed by atoms with Crippen molar-refractivity contribution >= 4 is 38.3 Å². The molecular formula is C24H22N2O4S. The van der Waals surface area contributed by atoms with E-state index in [1.54, 1.807) is 24.1 Å². The minimum atomic E-state index is -0.242. The number of ether oxygens (including phenoxy) is 3. The number of hydrogen-bond acceptors (Lipinski definition) is 6. The number of rotatable bonds is 8. The molecule has 0 radical (unpaired) electrons. The third kappa shape index (κ3) is 4.62. The molecule has 0 spiro atoms. The summed E-state index contributed by atoms with van der Waals surface area (Å²) in [5, 5.41) is 0.582. The normalized spacial score (nSPS) is 10.6. The number of hydrogen-bond donors (Lipinski definition) is 0. The van der Waals surface area contributed by atoms with E-state index in [0.717, 1.165) is 16.0 Å². The highest BCUT2D eigenvalue weighted by atomic mass is 32.1. The monoisotopic (exact) mass is 434 g/mol. The molecule has 158 valence electrons. The fourth-order valence-corrected chi connectivity index (χ4v) is 4.12. The number of thiazole rings is 1. The largest absolute Gasteiger partial charge is 0.494 e. The maximum absolute atomic E-state index is 13.3. The number of methoxy groups -OCH3 is 1. The summed E-state index contributed by atoms with van der Waals surface area (Å²) in [4.78, 5) is 19.5. The van der Waals surface area contributed by atoms with Gasteiger partial charge >= 0.3 is 0 Å². The predicted molar refractivity (Wildman–Crippen MR) is 123 cm³/mol. The Kier molecular flexibility index (Phi) is 6.33. The first-order valence-electron chi connectivity index (χ1n) is 9.87. The zero-order valence-electron chi connectivity index (χ0n) is 17.3. The number of carbonyl (C=O) groups is 1. The lowest BCUT2D eigenvalue weighted by atomic mass is 10.2. The lowest BCUT2D eigenvalue weighted by molar-refractivity contribution is -0.119. The van der Waals surface area contributed by atoms with Crippen molar-refractivity contribution in [1.82, 2.24) is 4.98 Å². The van der Waals surface area contributed by atoms with Crippen LogP contribution in [0.15, 0.2) is 72.8 Å². The topological polar surface area (TPSA) is 60.9 Å². The quantitative estimate of drug-likeness (QED) is 0.369. The Morgan fingerprint density at radius 2 is 1.65 bits per heavy atom. The molecule has 3 aromatic carbocycles. The minimum absolute atomic E-state index is 0.163. The van der Waals surface area contributed by atoms with Crippen molar-refractivity contribution in [3.8, 4) is 17.2 Å². The molecule has 6 nitrogen and oxygen atoms in total. The Morgan fingerprint density at radius 3 is 2.35 bits per heavy atom. The number of amides is 1. The van der Waals surface area contributed by atoms with E-state index in [1.807, 2.05) is 67.6 Å². The van der Waals surface area contributed by atoms with Gasteiger partial charge < -0.3 is 14.2 Å². The van der Waals surface area contributed by atoms with Crippen LogP contribution in [0.3, 0.4) is 0 Å². The Balaban J connectivity index is 1.65. The van der Waals surface area contributed by atoms with E-state index in [-0.39, 0.29) is 12.5 Å². The van der Waals surface area contributed by atoms with Gasteiger partial charge in [0.25, 0.3) is 5.91 Å². The maximum Gasteiger partial charge on any atom is 0.271 e. The molecule has 0 atom stereocenters. The van der Waals surface area contributed by atoms with Crippen LogP contribution in [0.4, 0.5) is 10.8 Å². The molecule has 31 heavy (non-hydrogen) atoms. The predicted octanol–water partition coefficient (Wildman–Crippen LogP) is 5.45. The lowest BCUT2D eigenvalue weighted by Gasteiger charge is -2.21. The molecule has 1 aromatic heterocycles. The van der Waals surface area contributed by atoms with Crippen molar-refractivity contribution < 1.29 is 19.0 Å². The van der Waals surface area contributed by atoms with E-state index in [0.29, 0.717) is 28.9 Å². The zero-order chi connectivity index (χ0) is 21.6. The Morgan fingerprint density at radius 1 is 0.935 bits per heavy atom. The second kappa shape index (κ2) is 9.49. The number of carbonyl (C=O) groups excluding carboxylic acids is 1. The molecule has 0 saturated heterocycles. The molecule has 0 N–H and O–H groups in total. The summed E-state index contributed by atoms with van der Waals surface area (Å²) in [7, 11) is 1.57. The highest BCUT2D eigenvalue weighted by Gasteiger charge is 2.23. The minimum Gasteiger partial charge on any atom is -0.494 e. The Labute approximate surface area is 184 Å². The third-order valence-corrected chi connectivity index (χ3v) is 5.57. The summed E-state index contributed by atoms with van der Waals surface area (Å²) >= 11 is 1.45. The van der Waals surface area contributed by atoms with Crippen LogP contribution >= 0.6 is 11.3 Å². The Hall–Kier alpha value is -3.58. The van der Waals surface area contributed by atoms with Crippen molar-refractivity contribution in [3.05, 3.63) is 72.8 Å². The molecule has 7 heteroatoms. The van der Waals surface area contributed by atoms with Gasteiger partial charge in [-0.2, -0.15) is 0 Å². The lowest BCUT2D eigenvalue weighted by Crippen LogP contribution is -2.30. The fraction of sp³-hybridized carbons (Fsp3) is 0.167. The van der Waals surface area contributed by atoms with E-state index < -0.39 is 0 Å². The van der Waals surface area contributed by atoms with Crippen LogP contribution in [0.5, 0.6) is 17.2 Å². The number of fused-ring (bicyclic) bond motifs is 1. The number of aromatic nitrogens is 1. The van der Waals surface area contributed by atoms with Gasteiger partial charge in [-0.15, -0.1) is 0 Å². The smallest absolute Gasteiger partial charge is 0.271 e. The van der Waals surface area contributed by atoms with Crippen LogP contribution in [0, 0.1) is 0 Å². The molecule has 1 heterocycles. The SMILES string of the molecule is CCOc1ccc(N(C(=O)COc2ccccc2OC)c2nc3ccccc3s2)cc1.